The summed E-state index contributed by atoms with van der Waals surface area (Å²) < 4.78 is 1.15. The Morgan fingerprint density at radius 3 is 2.25 bits per heavy atom. The van der Waals surface area contributed by atoms with Crippen molar-refractivity contribution in [2.24, 2.45) is 0 Å². The van der Waals surface area contributed by atoms with Crippen molar-refractivity contribution < 1.29 is 0 Å². The molecule has 2 aromatic rings. The van der Waals surface area contributed by atoms with E-state index in [0.717, 1.165) is 9.13 Å². The highest BCUT2D eigenvalue weighted by atomic mass is 127. The van der Waals surface area contributed by atoms with Gasteiger partial charge >= 0.3 is 0 Å². The summed E-state index contributed by atoms with van der Waals surface area (Å²) in [5.41, 5.74) is 3.58. The van der Waals surface area contributed by atoms with Crippen LogP contribution in [0.1, 0.15) is 0 Å². The summed E-state index contributed by atoms with van der Waals surface area (Å²) in [4.78, 5) is 2.10. The quantitative estimate of drug-likeness (QED) is 0.760. The first kappa shape index (κ1) is 11.5. The lowest BCUT2D eigenvalue weighted by Crippen LogP contribution is -2.07. The maximum Gasteiger partial charge on any atom is 0.0361 e. The molecular formula is C14H13IN. The highest BCUT2D eigenvalue weighted by Crippen LogP contribution is 2.23. The summed E-state index contributed by atoms with van der Waals surface area (Å²) in [7, 11) is 4.10. The second-order valence-electron chi connectivity index (χ2n) is 3.85. The molecule has 0 heterocycles. The number of hydrogen-bond acceptors (Lipinski definition) is 1. The van der Waals surface area contributed by atoms with Gasteiger partial charge in [0.2, 0.25) is 0 Å². The van der Waals surface area contributed by atoms with E-state index < -0.39 is 0 Å². The van der Waals surface area contributed by atoms with Gasteiger partial charge in [-0.25, -0.2) is 0 Å². The Morgan fingerprint density at radius 1 is 1.00 bits per heavy atom. The van der Waals surface area contributed by atoms with Gasteiger partial charge in [-0.1, -0.05) is 24.3 Å². The average Bonchev–Trinajstić information content (AvgIpc) is 2.29. The smallest absolute Gasteiger partial charge is 0.0361 e. The monoisotopic (exact) mass is 322 g/mol. The number of anilines is 1. The molecule has 0 aliphatic heterocycles. The fourth-order valence-electron chi connectivity index (χ4n) is 1.55. The first-order valence-electron chi connectivity index (χ1n) is 5.12. The minimum atomic E-state index is 1.15. The first-order chi connectivity index (χ1) is 7.66. The zero-order valence-corrected chi connectivity index (χ0v) is 11.5. The van der Waals surface area contributed by atoms with Crippen LogP contribution >= 0.6 is 22.6 Å². The lowest BCUT2D eigenvalue weighted by molar-refractivity contribution is 1.13. The third-order valence-electron chi connectivity index (χ3n) is 2.45. The van der Waals surface area contributed by atoms with Gasteiger partial charge in [0.15, 0.2) is 0 Å². The number of rotatable bonds is 2. The first-order valence-corrected chi connectivity index (χ1v) is 6.20. The van der Waals surface area contributed by atoms with E-state index in [-0.39, 0.29) is 0 Å². The van der Waals surface area contributed by atoms with E-state index in [0.29, 0.717) is 0 Å². The largest absolute Gasteiger partial charge is 0.378 e. The standard InChI is InChI=1S/C14H13IN/c1-16(2)14-8-6-11(7-9-14)12-4-3-5-13(15)10-12/h3-9H,1-2H3. The normalized spacial score (nSPS) is 10.2. The topological polar surface area (TPSA) is 3.24 Å². The predicted octanol–water partition coefficient (Wildman–Crippen LogP) is 3.82. The maximum atomic E-state index is 3.35. The second-order valence-corrected chi connectivity index (χ2v) is 5.02. The molecule has 1 radical (unpaired) electrons. The molecule has 2 aromatic carbocycles. The Labute approximate surface area is 110 Å². The summed E-state index contributed by atoms with van der Waals surface area (Å²) >= 11 is 2.29. The average molecular weight is 322 g/mol. The number of nitrogens with zero attached hydrogens (tertiary/aromatic N) is 1. The van der Waals surface area contributed by atoms with Crippen LogP contribution in [0.25, 0.3) is 11.1 Å². The van der Waals surface area contributed by atoms with Crippen LogP contribution in [0.5, 0.6) is 0 Å². The molecule has 0 fully saturated rings. The van der Waals surface area contributed by atoms with Gasteiger partial charge in [-0.3, -0.25) is 0 Å². The molecule has 81 valence electrons. The summed E-state index contributed by atoms with van der Waals surface area (Å²) in [6, 6.07) is 18.1. The number of benzene rings is 2. The molecular weight excluding hydrogens is 309 g/mol. The molecule has 0 aliphatic rings. The van der Waals surface area contributed by atoms with Crippen molar-refractivity contribution in [2.45, 2.75) is 0 Å². The van der Waals surface area contributed by atoms with Crippen molar-refractivity contribution >= 4 is 28.3 Å². The van der Waals surface area contributed by atoms with Crippen molar-refractivity contribution in [3.8, 4) is 11.1 Å². The SMILES string of the molecule is CN(C)c1ccc(-c2[c]c(I)ccc2)cc1. The third kappa shape index (κ3) is 2.55. The van der Waals surface area contributed by atoms with Crippen LogP contribution in [0.3, 0.4) is 0 Å². The fourth-order valence-corrected chi connectivity index (χ4v) is 2.05. The Morgan fingerprint density at radius 2 is 1.69 bits per heavy atom. The molecule has 0 atom stereocenters. The van der Waals surface area contributed by atoms with Crippen LogP contribution in [-0.2, 0) is 0 Å². The van der Waals surface area contributed by atoms with Crippen molar-refractivity contribution in [3.63, 3.8) is 0 Å². The van der Waals surface area contributed by atoms with Crippen LogP contribution < -0.4 is 4.90 Å². The van der Waals surface area contributed by atoms with E-state index in [1.165, 1.54) is 11.3 Å². The molecule has 0 N–H and O–H groups in total. The Kier molecular flexibility index (Phi) is 3.49. The molecule has 0 unspecified atom stereocenters. The Bertz CT molecular complexity index is 474. The number of hydrogen-bond donors (Lipinski definition) is 0. The molecule has 0 amide bonds. The van der Waals surface area contributed by atoms with E-state index in [4.69, 9.17) is 0 Å². The minimum Gasteiger partial charge on any atom is -0.378 e. The molecule has 1 nitrogen and oxygen atoms in total. The van der Waals surface area contributed by atoms with Crippen LogP contribution in [-0.4, -0.2) is 14.1 Å². The molecule has 0 saturated heterocycles. The van der Waals surface area contributed by atoms with Crippen molar-refractivity contribution in [2.75, 3.05) is 19.0 Å². The highest BCUT2D eigenvalue weighted by Gasteiger charge is 1.99. The van der Waals surface area contributed by atoms with E-state index in [1.54, 1.807) is 0 Å². The van der Waals surface area contributed by atoms with Gasteiger partial charge in [-0.15, -0.1) is 0 Å². The molecule has 0 saturated carbocycles. The highest BCUT2D eigenvalue weighted by molar-refractivity contribution is 14.1. The van der Waals surface area contributed by atoms with E-state index in [1.807, 2.05) is 14.1 Å². The van der Waals surface area contributed by atoms with Crippen LogP contribution in [0.15, 0.2) is 42.5 Å². The predicted molar refractivity (Wildman–Crippen MR) is 77.8 cm³/mol. The maximum absolute atomic E-state index is 3.35. The zero-order valence-electron chi connectivity index (χ0n) is 9.37. The van der Waals surface area contributed by atoms with Crippen LogP contribution in [0.4, 0.5) is 5.69 Å². The van der Waals surface area contributed by atoms with Gasteiger partial charge in [0.1, 0.15) is 0 Å². The van der Waals surface area contributed by atoms with Crippen molar-refractivity contribution in [1.29, 1.82) is 0 Å². The zero-order chi connectivity index (χ0) is 11.5. The van der Waals surface area contributed by atoms with Gasteiger partial charge in [-0.05, 0) is 51.9 Å². The lowest BCUT2D eigenvalue weighted by Gasteiger charge is -2.12. The van der Waals surface area contributed by atoms with Crippen molar-refractivity contribution in [1.82, 2.24) is 0 Å². The molecule has 0 aliphatic carbocycles. The van der Waals surface area contributed by atoms with Gasteiger partial charge in [0.05, 0.1) is 0 Å². The van der Waals surface area contributed by atoms with Gasteiger partial charge in [0.25, 0.3) is 0 Å². The van der Waals surface area contributed by atoms with Gasteiger partial charge in [-0.2, -0.15) is 0 Å². The molecule has 2 rings (SSSR count). The van der Waals surface area contributed by atoms with Crippen molar-refractivity contribution in [3.05, 3.63) is 52.1 Å². The summed E-state index contributed by atoms with van der Waals surface area (Å²) in [5, 5.41) is 0. The van der Waals surface area contributed by atoms with Gasteiger partial charge < -0.3 is 4.90 Å². The Balaban J connectivity index is 2.35. The Hall–Kier alpha value is -1.03. The number of halogens is 1. The third-order valence-corrected chi connectivity index (χ3v) is 3.08. The summed E-state index contributed by atoms with van der Waals surface area (Å²) in [5.74, 6) is 0. The molecule has 16 heavy (non-hydrogen) atoms. The van der Waals surface area contributed by atoms with Crippen LogP contribution in [0.2, 0.25) is 0 Å². The molecule has 2 heteroatoms. The summed E-state index contributed by atoms with van der Waals surface area (Å²) in [6.07, 6.45) is 0. The van der Waals surface area contributed by atoms with Gasteiger partial charge in [0, 0.05) is 29.4 Å². The second kappa shape index (κ2) is 4.87. The lowest BCUT2D eigenvalue weighted by atomic mass is 10.1. The molecule has 0 spiro atoms. The molecule has 0 aromatic heterocycles. The fraction of sp³-hybridized carbons (Fsp3) is 0.143. The van der Waals surface area contributed by atoms with E-state index in [2.05, 4.69) is 76.0 Å². The van der Waals surface area contributed by atoms with E-state index >= 15 is 0 Å². The minimum absolute atomic E-state index is 1.15. The molecule has 0 bridgehead atoms. The van der Waals surface area contributed by atoms with Crippen LogP contribution in [0, 0.1) is 9.64 Å². The summed E-state index contributed by atoms with van der Waals surface area (Å²) in [6.45, 7) is 0. The van der Waals surface area contributed by atoms with E-state index in [9.17, 15) is 0 Å².